The van der Waals surface area contributed by atoms with Crippen molar-refractivity contribution in [2.75, 3.05) is 5.32 Å². The molecule has 178 valence electrons. The molecule has 4 rings (SSSR count). The van der Waals surface area contributed by atoms with E-state index in [4.69, 9.17) is 4.74 Å². The smallest absolute Gasteiger partial charge is 0.356 e. The zero-order valence-electron chi connectivity index (χ0n) is 18.2. The molecule has 1 aliphatic carbocycles. The summed E-state index contributed by atoms with van der Waals surface area (Å²) in [6.45, 7) is 1.50. The first-order valence-electron chi connectivity index (χ1n) is 10.2. The highest BCUT2D eigenvalue weighted by Gasteiger charge is 2.31. The number of carboxylic acid groups (broad SMARTS) is 1. The Morgan fingerprint density at radius 3 is 2.44 bits per heavy atom. The van der Waals surface area contributed by atoms with E-state index in [0.29, 0.717) is 12.8 Å². The highest BCUT2D eigenvalue weighted by atomic mass is 32.2. The number of aryl methyl sites for hydroxylation is 1. The molecule has 1 fully saturated rings. The van der Waals surface area contributed by atoms with E-state index in [2.05, 4.69) is 15.1 Å². The number of aromatic nitrogens is 2. The molecule has 3 aromatic rings. The largest absolute Gasteiger partial charge is 0.476 e. The van der Waals surface area contributed by atoms with Crippen LogP contribution >= 0.6 is 0 Å². The van der Waals surface area contributed by atoms with E-state index in [1.54, 1.807) is 0 Å². The molecule has 1 aromatic heterocycles. The van der Waals surface area contributed by atoms with E-state index in [-0.39, 0.29) is 45.1 Å². The molecule has 0 aliphatic heterocycles. The number of carbonyl (C=O) groups excluding carboxylic acids is 1. The van der Waals surface area contributed by atoms with E-state index in [1.807, 2.05) is 0 Å². The lowest BCUT2D eigenvalue weighted by Gasteiger charge is -2.15. The molecule has 0 atom stereocenters. The molecule has 0 saturated heterocycles. The van der Waals surface area contributed by atoms with Crippen LogP contribution in [0.4, 0.5) is 10.1 Å². The Bertz CT molecular complexity index is 1380. The number of sulfonamides is 1. The molecule has 0 unspecified atom stereocenters. The van der Waals surface area contributed by atoms with Crippen LogP contribution in [0.5, 0.6) is 11.6 Å². The van der Waals surface area contributed by atoms with Crippen LogP contribution < -0.4 is 14.8 Å². The number of nitrogens with zero attached hydrogens (tertiary/aromatic N) is 2. The summed E-state index contributed by atoms with van der Waals surface area (Å²) in [5, 5.41) is 15.8. The average molecular weight is 488 g/mol. The number of hydrogen-bond acceptors (Lipinski definition) is 6. The Morgan fingerprint density at radius 2 is 1.85 bits per heavy atom. The standard InChI is InChI=1S/C22H21FN4O6S/c1-12-19(22(29)30)25-27(2)21(12)33-17-10-9-16(11-18(17)34(31,32)26-15-7-8-15)24-20(28)13-3-5-14(23)6-4-13/h3-6,9-11,15,26H,7-8H2,1-2H3,(H,24,28)(H,29,30). The third-order valence-corrected chi connectivity index (χ3v) is 6.67. The first-order chi connectivity index (χ1) is 16.0. The first-order valence-corrected chi connectivity index (χ1v) is 11.7. The van der Waals surface area contributed by atoms with Crippen molar-refractivity contribution in [3.8, 4) is 11.6 Å². The number of halogens is 1. The number of anilines is 1. The lowest BCUT2D eigenvalue weighted by molar-refractivity contribution is 0.0688. The van der Waals surface area contributed by atoms with E-state index in [0.717, 1.165) is 12.1 Å². The van der Waals surface area contributed by atoms with Crippen LogP contribution in [0.25, 0.3) is 0 Å². The minimum Gasteiger partial charge on any atom is -0.476 e. The summed E-state index contributed by atoms with van der Waals surface area (Å²) in [5.41, 5.74) is 0.364. The number of aromatic carboxylic acids is 1. The van der Waals surface area contributed by atoms with Gasteiger partial charge in [0.2, 0.25) is 15.9 Å². The Labute approximate surface area is 194 Å². The molecular weight excluding hydrogens is 467 g/mol. The zero-order valence-corrected chi connectivity index (χ0v) is 19.0. The van der Waals surface area contributed by atoms with Gasteiger partial charge in [-0.2, -0.15) is 5.10 Å². The molecule has 1 heterocycles. The normalized spacial score (nSPS) is 13.5. The summed E-state index contributed by atoms with van der Waals surface area (Å²) in [6.07, 6.45) is 1.42. The monoisotopic (exact) mass is 488 g/mol. The Morgan fingerprint density at radius 1 is 1.18 bits per heavy atom. The highest BCUT2D eigenvalue weighted by Crippen LogP contribution is 2.35. The SMILES string of the molecule is Cc1c(C(=O)O)nn(C)c1Oc1ccc(NC(=O)c2ccc(F)cc2)cc1S(=O)(=O)NC1CC1. The summed E-state index contributed by atoms with van der Waals surface area (Å²) in [7, 11) is -2.56. The Balaban J connectivity index is 1.70. The predicted molar refractivity (Wildman–Crippen MR) is 119 cm³/mol. The van der Waals surface area contributed by atoms with Crippen LogP contribution in [0.1, 0.15) is 39.3 Å². The van der Waals surface area contributed by atoms with E-state index in [9.17, 15) is 27.5 Å². The first kappa shape index (κ1) is 23.4. The molecule has 1 amide bonds. The minimum atomic E-state index is -4.03. The molecule has 3 N–H and O–H groups in total. The molecule has 1 aliphatic rings. The number of rotatable bonds is 8. The van der Waals surface area contributed by atoms with Gasteiger partial charge in [0.25, 0.3) is 5.91 Å². The minimum absolute atomic E-state index is 0.0587. The topological polar surface area (TPSA) is 140 Å². The number of hydrogen-bond donors (Lipinski definition) is 3. The lowest BCUT2D eigenvalue weighted by atomic mass is 10.2. The fourth-order valence-electron chi connectivity index (χ4n) is 3.23. The third kappa shape index (κ3) is 4.92. The van der Waals surface area contributed by atoms with Crippen molar-refractivity contribution in [2.45, 2.75) is 30.7 Å². The van der Waals surface area contributed by atoms with Gasteiger partial charge >= 0.3 is 5.97 Å². The Kier molecular flexibility index (Phi) is 6.11. The van der Waals surface area contributed by atoms with Gasteiger partial charge in [-0.05, 0) is 62.2 Å². The van der Waals surface area contributed by atoms with Crippen molar-refractivity contribution in [3.05, 3.63) is 65.1 Å². The number of ether oxygens (including phenoxy) is 1. The molecule has 0 spiro atoms. The van der Waals surface area contributed by atoms with Gasteiger partial charge in [-0.3, -0.25) is 4.79 Å². The molecular formula is C22H21FN4O6S. The van der Waals surface area contributed by atoms with Gasteiger partial charge in [0.1, 0.15) is 16.5 Å². The summed E-state index contributed by atoms with van der Waals surface area (Å²) < 4.78 is 48.8. The highest BCUT2D eigenvalue weighted by molar-refractivity contribution is 7.89. The Hall–Kier alpha value is -3.77. The number of benzene rings is 2. The van der Waals surface area contributed by atoms with Crippen molar-refractivity contribution < 1.29 is 32.2 Å². The number of carboxylic acids is 1. The molecule has 0 bridgehead atoms. The van der Waals surface area contributed by atoms with Crippen molar-refractivity contribution in [3.63, 3.8) is 0 Å². The molecule has 10 nitrogen and oxygen atoms in total. The van der Waals surface area contributed by atoms with Gasteiger partial charge in [-0.25, -0.2) is 27.0 Å². The maximum absolute atomic E-state index is 13.1. The van der Waals surface area contributed by atoms with Gasteiger partial charge in [-0.1, -0.05) is 0 Å². The van der Waals surface area contributed by atoms with Gasteiger partial charge in [0, 0.05) is 29.9 Å². The maximum atomic E-state index is 13.1. The number of amides is 1. The van der Waals surface area contributed by atoms with Gasteiger partial charge in [0.05, 0.1) is 0 Å². The fourth-order valence-corrected chi connectivity index (χ4v) is 4.69. The van der Waals surface area contributed by atoms with Crippen molar-refractivity contribution in [2.24, 2.45) is 7.05 Å². The van der Waals surface area contributed by atoms with E-state index >= 15 is 0 Å². The van der Waals surface area contributed by atoms with Crippen LogP contribution in [0.3, 0.4) is 0 Å². The van der Waals surface area contributed by atoms with Crippen molar-refractivity contribution in [1.29, 1.82) is 0 Å². The second-order valence-corrected chi connectivity index (χ2v) is 9.51. The molecule has 2 aromatic carbocycles. The van der Waals surface area contributed by atoms with Crippen LogP contribution in [-0.4, -0.2) is 41.2 Å². The molecule has 1 saturated carbocycles. The van der Waals surface area contributed by atoms with Gasteiger partial charge < -0.3 is 15.2 Å². The van der Waals surface area contributed by atoms with Gasteiger partial charge in [0.15, 0.2) is 5.69 Å². The van der Waals surface area contributed by atoms with Crippen LogP contribution in [0, 0.1) is 12.7 Å². The number of nitrogens with one attached hydrogen (secondary N) is 2. The quantitative estimate of drug-likeness (QED) is 0.443. The second-order valence-electron chi connectivity index (χ2n) is 7.83. The maximum Gasteiger partial charge on any atom is 0.356 e. The lowest BCUT2D eigenvalue weighted by Crippen LogP contribution is -2.26. The second kappa shape index (κ2) is 8.88. The van der Waals surface area contributed by atoms with Crippen LogP contribution in [0.2, 0.25) is 0 Å². The fraction of sp³-hybridized carbons (Fsp3) is 0.227. The summed E-state index contributed by atoms with van der Waals surface area (Å²) >= 11 is 0. The molecule has 0 radical (unpaired) electrons. The van der Waals surface area contributed by atoms with Crippen LogP contribution in [-0.2, 0) is 17.1 Å². The molecule has 12 heteroatoms. The van der Waals surface area contributed by atoms with E-state index in [1.165, 1.54) is 49.0 Å². The summed E-state index contributed by atoms with van der Waals surface area (Å²) in [5.74, 6) is -2.31. The summed E-state index contributed by atoms with van der Waals surface area (Å²) in [6, 6.07) is 8.74. The van der Waals surface area contributed by atoms with Crippen molar-refractivity contribution >= 4 is 27.6 Å². The van der Waals surface area contributed by atoms with Gasteiger partial charge in [-0.15, -0.1) is 0 Å². The van der Waals surface area contributed by atoms with E-state index < -0.39 is 27.7 Å². The molecule has 34 heavy (non-hydrogen) atoms. The number of carbonyl (C=O) groups is 2. The zero-order chi connectivity index (χ0) is 24.6. The average Bonchev–Trinajstić information content (AvgIpc) is 3.54. The predicted octanol–water partition coefficient (Wildman–Crippen LogP) is 3.05. The van der Waals surface area contributed by atoms with Crippen LogP contribution in [0.15, 0.2) is 47.4 Å². The third-order valence-electron chi connectivity index (χ3n) is 5.13. The summed E-state index contributed by atoms with van der Waals surface area (Å²) in [4.78, 5) is 23.6. The van der Waals surface area contributed by atoms with Crippen molar-refractivity contribution in [1.82, 2.24) is 14.5 Å².